The Hall–Kier alpha value is -3.72. The largest absolute Gasteiger partial charge is 0.493 e. The standard InChI is InChI=1S/C29H32F2N4O3/c1-37-25-8-5-20(14-26(25)38-2)29-10-9-22(34-28(36)33-21-6-7-23(30)24(31)15-21)16-27(29)35(13-11-29)18-19-4-3-12-32-17-19/h3-8,12,14-15,17,22,27H,9-11,13,16,18H2,1-2H3,(H2,33,34,36)/t22-,27+,29+/m1/s1. The summed E-state index contributed by atoms with van der Waals surface area (Å²) in [6, 6.07) is 13.2. The average molecular weight is 523 g/mol. The van der Waals surface area contributed by atoms with Crippen molar-refractivity contribution in [1.29, 1.82) is 0 Å². The number of anilines is 1. The zero-order chi connectivity index (χ0) is 26.7. The molecule has 1 aliphatic heterocycles. The molecule has 9 heteroatoms. The fourth-order valence-electron chi connectivity index (χ4n) is 6.10. The van der Waals surface area contributed by atoms with Crippen molar-refractivity contribution in [1.82, 2.24) is 15.2 Å². The number of hydrogen-bond donors (Lipinski definition) is 2. The Kier molecular flexibility index (Phi) is 7.46. The summed E-state index contributed by atoms with van der Waals surface area (Å²) >= 11 is 0. The van der Waals surface area contributed by atoms with Crippen LogP contribution in [0.1, 0.15) is 36.8 Å². The summed E-state index contributed by atoms with van der Waals surface area (Å²) in [5.74, 6) is -0.560. The number of nitrogens with zero attached hydrogens (tertiary/aromatic N) is 2. The number of carbonyl (C=O) groups is 1. The number of nitrogens with one attached hydrogen (secondary N) is 2. The number of benzene rings is 2. The molecule has 3 aromatic rings. The normalized spacial score (nSPS) is 22.9. The fourth-order valence-corrected chi connectivity index (χ4v) is 6.10. The Morgan fingerprint density at radius 3 is 2.66 bits per heavy atom. The van der Waals surface area contributed by atoms with Crippen LogP contribution in [-0.4, -0.2) is 48.8 Å². The van der Waals surface area contributed by atoms with Gasteiger partial charge in [-0.05, 0) is 73.7 Å². The molecule has 2 aliphatic rings. The highest BCUT2D eigenvalue weighted by molar-refractivity contribution is 5.89. The van der Waals surface area contributed by atoms with Crippen molar-refractivity contribution in [3.8, 4) is 11.5 Å². The summed E-state index contributed by atoms with van der Waals surface area (Å²) in [6.45, 7) is 1.68. The van der Waals surface area contributed by atoms with E-state index in [-0.39, 0.29) is 23.2 Å². The molecule has 0 unspecified atom stereocenters. The number of aromatic nitrogens is 1. The summed E-state index contributed by atoms with van der Waals surface area (Å²) in [6.07, 6.45) is 7.07. The lowest BCUT2D eigenvalue weighted by atomic mass is 9.65. The molecule has 2 amide bonds. The fraction of sp³-hybridized carbons (Fsp3) is 0.379. The molecule has 38 heavy (non-hydrogen) atoms. The molecule has 1 aliphatic carbocycles. The lowest BCUT2D eigenvalue weighted by Crippen LogP contribution is -2.52. The van der Waals surface area contributed by atoms with Gasteiger partial charge in [0.25, 0.3) is 0 Å². The topological polar surface area (TPSA) is 75.7 Å². The van der Waals surface area contributed by atoms with Crippen molar-refractivity contribution < 1.29 is 23.0 Å². The van der Waals surface area contributed by atoms with E-state index in [1.807, 2.05) is 18.3 Å². The van der Waals surface area contributed by atoms with Gasteiger partial charge < -0.3 is 20.1 Å². The number of hydrogen-bond acceptors (Lipinski definition) is 5. The van der Waals surface area contributed by atoms with Crippen molar-refractivity contribution in [2.45, 2.75) is 49.7 Å². The molecule has 0 bridgehead atoms. The van der Waals surface area contributed by atoms with Crippen LogP contribution in [0.15, 0.2) is 60.9 Å². The first-order valence-corrected chi connectivity index (χ1v) is 12.8. The van der Waals surface area contributed by atoms with Crippen molar-refractivity contribution in [3.05, 3.63) is 83.7 Å². The van der Waals surface area contributed by atoms with Crippen LogP contribution in [0, 0.1) is 11.6 Å². The molecular formula is C29H32F2N4O3. The minimum Gasteiger partial charge on any atom is -0.493 e. The van der Waals surface area contributed by atoms with Crippen LogP contribution >= 0.6 is 0 Å². The Labute approximate surface area is 221 Å². The minimum absolute atomic E-state index is 0.0759. The summed E-state index contributed by atoms with van der Waals surface area (Å²) in [4.78, 5) is 19.5. The first-order chi connectivity index (χ1) is 18.4. The highest BCUT2D eigenvalue weighted by Gasteiger charge is 2.51. The van der Waals surface area contributed by atoms with Gasteiger partial charge in [-0.3, -0.25) is 9.88 Å². The van der Waals surface area contributed by atoms with Gasteiger partial charge in [-0.2, -0.15) is 0 Å². The van der Waals surface area contributed by atoms with E-state index >= 15 is 0 Å². The van der Waals surface area contributed by atoms with E-state index < -0.39 is 17.7 Å². The molecular weight excluding hydrogens is 490 g/mol. The van der Waals surface area contributed by atoms with Gasteiger partial charge in [-0.25, -0.2) is 13.6 Å². The molecule has 0 radical (unpaired) electrons. The van der Waals surface area contributed by atoms with Crippen LogP contribution in [0.3, 0.4) is 0 Å². The van der Waals surface area contributed by atoms with E-state index in [2.05, 4.69) is 38.7 Å². The molecule has 1 aromatic heterocycles. The van der Waals surface area contributed by atoms with E-state index in [1.54, 1.807) is 20.4 Å². The number of fused-ring (bicyclic) bond motifs is 1. The van der Waals surface area contributed by atoms with Crippen molar-refractivity contribution in [2.24, 2.45) is 0 Å². The first-order valence-electron chi connectivity index (χ1n) is 12.8. The zero-order valence-corrected chi connectivity index (χ0v) is 21.5. The van der Waals surface area contributed by atoms with Gasteiger partial charge in [-0.1, -0.05) is 12.1 Å². The lowest BCUT2D eigenvalue weighted by Gasteiger charge is -2.45. The van der Waals surface area contributed by atoms with E-state index in [0.29, 0.717) is 11.5 Å². The molecule has 1 saturated heterocycles. The Balaban J connectivity index is 1.37. The predicted octanol–water partition coefficient (Wildman–Crippen LogP) is 5.26. The monoisotopic (exact) mass is 522 g/mol. The highest BCUT2D eigenvalue weighted by atomic mass is 19.2. The van der Waals surface area contributed by atoms with Gasteiger partial charge in [0.2, 0.25) is 0 Å². The van der Waals surface area contributed by atoms with Crippen LogP contribution in [0.2, 0.25) is 0 Å². The zero-order valence-electron chi connectivity index (χ0n) is 21.5. The number of urea groups is 1. The summed E-state index contributed by atoms with van der Waals surface area (Å²) in [7, 11) is 3.28. The number of pyridine rings is 1. The average Bonchev–Trinajstić information content (AvgIpc) is 3.29. The third-order valence-corrected chi connectivity index (χ3v) is 7.95. The highest BCUT2D eigenvalue weighted by Crippen LogP contribution is 2.50. The van der Waals surface area contributed by atoms with E-state index in [9.17, 15) is 13.6 Å². The van der Waals surface area contributed by atoms with Crippen molar-refractivity contribution in [3.63, 3.8) is 0 Å². The van der Waals surface area contributed by atoms with Gasteiger partial charge in [0.1, 0.15) is 0 Å². The van der Waals surface area contributed by atoms with Crippen LogP contribution in [0.4, 0.5) is 19.3 Å². The smallest absolute Gasteiger partial charge is 0.319 e. The van der Waals surface area contributed by atoms with Crippen molar-refractivity contribution in [2.75, 3.05) is 26.1 Å². The number of ether oxygens (including phenoxy) is 2. The second-order valence-electron chi connectivity index (χ2n) is 10.0. The number of rotatable bonds is 7. The molecule has 2 fully saturated rings. The molecule has 7 nitrogen and oxygen atoms in total. The number of amides is 2. The second kappa shape index (κ2) is 10.9. The second-order valence-corrected chi connectivity index (χ2v) is 10.0. The number of carbonyl (C=O) groups excluding carboxylic acids is 1. The van der Waals surface area contributed by atoms with E-state index in [0.717, 1.165) is 56.5 Å². The molecule has 5 rings (SSSR count). The molecule has 200 valence electrons. The van der Waals surface area contributed by atoms with Gasteiger partial charge in [0.05, 0.1) is 14.2 Å². The number of halogens is 2. The maximum atomic E-state index is 13.6. The molecule has 2 N–H and O–H groups in total. The molecule has 0 spiro atoms. The predicted molar refractivity (Wildman–Crippen MR) is 140 cm³/mol. The third kappa shape index (κ3) is 5.15. The van der Waals surface area contributed by atoms with Gasteiger partial charge >= 0.3 is 6.03 Å². The molecule has 3 atom stereocenters. The number of likely N-dealkylation sites (tertiary alicyclic amines) is 1. The van der Waals surface area contributed by atoms with Crippen LogP contribution in [-0.2, 0) is 12.0 Å². The van der Waals surface area contributed by atoms with Crippen LogP contribution in [0.5, 0.6) is 11.5 Å². The first kappa shape index (κ1) is 25.9. The van der Waals surface area contributed by atoms with Gasteiger partial charge in [-0.15, -0.1) is 0 Å². The Morgan fingerprint density at radius 2 is 1.92 bits per heavy atom. The minimum atomic E-state index is -1.00. The Morgan fingerprint density at radius 1 is 1.08 bits per heavy atom. The van der Waals surface area contributed by atoms with Gasteiger partial charge in [0, 0.05) is 48.2 Å². The Bertz CT molecular complexity index is 1290. The molecule has 1 saturated carbocycles. The third-order valence-electron chi connectivity index (χ3n) is 7.95. The summed E-state index contributed by atoms with van der Waals surface area (Å²) < 4.78 is 37.9. The van der Waals surface area contributed by atoms with Crippen molar-refractivity contribution >= 4 is 11.7 Å². The summed E-state index contributed by atoms with van der Waals surface area (Å²) in [5, 5.41) is 5.69. The quantitative estimate of drug-likeness (QED) is 0.443. The maximum absolute atomic E-state index is 13.6. The van der Waals surface area contributed by atoms with Crippen LogP contribution < -0.4 is 20.1 Å². The SMILES string of the molecule is COc1ccc([C@@]23CC[C@@H](NC(=O)Nc4ccc(F)c(F)c4)C[C@@H]2N(Cc2cccnc2)CC3)cc1OC. The maximum Gasteiger partial charge on any atom is 0.319 e. The van der Waals surface area contributed by atoms with E-state index in [4.69, 9.17) is 9.47 Å². The lowest BCUT2D eigenvalue weighted by molar-refractivity contribution is 0.131. The molecule has 2 aromatic carbocycles. The van der Waals surface area contributed by atoms with E-state index in [1.165, 1.54) is 11.6 Å². The number of methoxy groups -OCH3 is 2. The van der Waals surface area contributed by atoms with Crippen LogP contribution in [0.25, 0.3) is 0 Å². The molecule has 2 heterocycles. The van der Waals surface area contributed by atoms with Gasteiger partial charge in [0.15, 0.2) is 23.1 Å². The summed E-state index contributed by atoms with van der Waals surface area (Å²) in [5.41, 5.74) is 2.45.